The number of aryl methyl sites for hydroxylation is 2. The number of morpholine rings is 1. The lowest BCUT2D eigenvalue weighted by molar-refractivity contribution is 0.0383. The SMILES string of the molecule is CC(C)c1sc(NC(=O)c2cc(NC(=O)c3cc(NC(=O)c4cc5ccccc5cn4)cn3C)cn2C)nc1C(=O)NCCN1CCOCC1. The largest absolute Gasteiger partial charge is 0.379 e. The molecule has 1 aromatic carbocycles. The third kappa shape index (κ3) is 7.91. The van der Waals surface area contributed by atoms with E-state index in [2.05, 4.69) is 36.1 Å². The molecule has 0 atom stereocenters. The molecule has 0 aliphatic carbocycles. The van der Waals surface area contributed by atoms with E-state index in [4.69, 9.17) is 4.74 Å². The zero-order chi connectivity index (χ0) is 35.4. The molecule has 1 fully saturated rings. The van der Waals surface area contributed by atoms with Gasteiger partial charge in [-0.25, -0.2) is 4.98 Å². The lowest BCUT2D eigenvalue weighted by atomic mass is 10.1. The van der Waals surface area contributed by atoms with Crippen LogP contribution in [-0.2, 0) is 18.8 Å². The molecule has 260 valence electrons. The minimum Gasteiger partial charge on any atom is -0.379 e. The second-order valence-electron chi connectivity index (χ2n) is 12.3. The van der Waals surface area contributed by atoms with Crippen LogP contribution < -0.4 is 21.3 Å². The standard InChI is InChI=1S/C35H39N9O5S/c1-21(2)30-29(34(48)36-9-10-44-11-13-49-14-12-44)40-35(50-30)41-33(47)28-17-25(20-43(28)4)39-32(46)27-16-24(19-42(27)3)38-31(45)26-15-22-7-5-6-8-23(22)18-37-26/h5-8,15-21H,9-14H2,1-4H3,(H,36,48)(H,38,45)(H,39,46)(H,40,41,47). The molecule has 1 aliphatic rings. The number of benzene rings is 1. The van der Waals surface area contributed by atoms with Gasteiger partial charge in [-0.15, -0.1) is 11.3 Å². The molecule has 4 N–H and O–H groups in total. The third-order valence-corrected chi connectivity index (χ3v) is 9.56. The molecule has 4 amide bonds. The number of hydrogen-bond donors (Lipinski definition) is 4. The van der Waals surface area contributed by atoms with Crippen molar-refractivity contribution in [3.63, 3.8) is 0 Å². The number of rotatable bonds is 11. The van der Waals surface area contributed by atoms with E-state index in [1.807, 2.05) is 38.1 Å². The molecule has 50 heavy (non-hydrogen) atoms. The van der Waals surface area contributed by atoms with Gasteiger partial charge < -0.3 is 29.8 Å². The van der Waals surface area contributed by atoms with Crippen molar-refractivity contribution in [2.24, 2.45) is 14.1 Å². The van der Waals surface area contributed by atoms with E-state index in [1.165, 1.54) is 11.3 Å². The Bertz CT molecular complexity index is 2060. The zero-order valence-corrected chi connectivity index (χ0v) is 29.1. The quantitative estimate of drug-likeness (QED) is 0.159. The second kappa shape index (κ2) is 15.0. The Hall–Kier alpha value is -5.38. The average molecular weight is 698 g/mol. The van der Waals surface area contributed by atoms with Crippen molar-refractivity contribution >= 4 is 62.2 Å². The molecule has 4 aromatic heterocycles. The minimum atomic E-state index is -0.442. The Kier molecular flexibility index (Phi) is 10.4. The van der Waals surface area contributed by atoms with Crippen molar-refractivity contribution in [1.29, 1.82) is 0 Å². The summed E-state index contributed by atoms with van der Waals surface area (Å²) in [6.45, 7) is 8.20. The highest BCUT2D eigenvalue weighted by molar-refractivity contribution is 7.16. The first-order valence-corrected chi connectivity index (χ1v) is 17.1. The highest BCUT2D eigenvalue weighted by atomic mass is 32.1. The van der Waals surface area contributed by atoms with Gasteiger partial charge in [0.2, 0.25) is 0 Å². The van der Waals surface area contributed by atoms with Crippen LogP contribution >= 0.6 is 11.3 Å². The summed E-state index contributed by atoms with van der Waals surface area (Å²) in [6, 6.07) is 12.5. The van der Waals surface area contributed by atoms with Crippen LogP contribution in [0.1, 0.15) is 66.6 Å². The van der Waals surface area contributed by atoms with Crippen molar-refractivity contribution in [2.45, 2.75) is 19.8 Å². The molecule has 1 aliphatic heterocycles. The van der Waals surface area contributed by atoms with Crippen LogP contribution in [0.2, 0.25) is 0 Å². The first-order valence-electron chi connectivity index (χ1n) is 16.3. The fourth-order valence-electron chi connectivity index (χ4n) is 5.65. The van der Waals surface area contributed by atoms with Gasteiger partial charge in [0.1, 0.15) is 22.8 Å². The molecule has 15 heteroatoms. The van der Waals surface area contributed by atoms with Crippen LogP contribution in [-0.4, -0.2) is 87.0 Å². The summed E-state index contributed by atoms with van der Waals surface area (Å²) in [4.78, 5) is 64.3. The van der Waals surface area contributed by atoms with Gasteiger partial charge >= 0.3 is 0 Å². The van der Waals surface area contributed by atoms with Gasteiger partial charge in [0.05, 0.1) is 24.6 Å². The summed E-state index contributed by atoms with van der Waals surface area (Å²) in [5.74, 6) is -1.53. The normalized spacial score (nSPS) is 13.4. The molecule has 14 nitrogen and oxygen atoms in total. The van der Waals surface area contributed by atoms with Gasteiger partial charge in [0.25, 0.3) is 23.6 Å². The smallest absolute Gasteiger partial charge is 0.274 e. The number of fused-ring (bicyclic) bond motifs is 1. The predicted molar refractivity (Wildman–Crippen MR) is 192 cm³/mol. The summed E-state index contributed by atoms with van der Waals surface area (Å²) >= 11 is 1.26. The van der Waals surface area contributed by atoms with Crippen LogP contribution in [0, 0.1) is 0 Å². The molecular formula is C35H39N9O5S. The Morgan fingerprint density at radius 3 is 2.12 bits per heavy atom. The third-order valence-electron chi connectivity index (χ3n) is 8.29. The van der Waals surface area contributed by atoms with E-state index < -0.39 is 17.7 Å². The van der Waals surface area contributed by atoms with Crippen LogP contribution in [0.4, 0.5) is 16.5 Å². The number of aromatic nitrogens is 4. The highest BCUT2D eigenvalue weighted by Crippen LogP contribution is 2.30. The Balaban J connectivity index is 1.07. The average Bonchev–Trinajstić information content (AvgIpc) is 3.81. The van der Waals surface area contributed by atoms with Crippen molar-refractivity contribution in [2.75, 3.05) is 55.3 Å². The summed E-state index contributed by atoms with van der Waals surface area (Å²) in [7, 11) is 3.39. The van der Waals surface area contributed by atoms with Crippen molar-refractivity contribution in [3.05, 3.63) is 88.7 Å². The summed E-state index contributed by atoms with van der Waals surface area (Å²) in [5, 5.41) is 13.5. The molecular weight excluding hydrogens is 659 g/mol. The maximum atomic E-state index is 13.3. The van der Waals surface area contributed by atoms with Crippen LogP contribution in [0.3, 0.4) is 0 Å². The summed E-state index contributed by atoms with van der Waals surface area (Å²) in [6.07, 6.45) is 4.90. The van der Waals surface area contributed by atoms with Crippen molar-refractivity contribution < 1.29 is 23.9 Å². The maximum absolute atomic E-state index is 13.3. The topological polar surface area (TPSA) is 165 Å². The fraction of sp³-hybridized carbons (Fsp3) is 0.314. The van der Waals surface area contributed by atoms with Crippen LogP contribution in [0.15, 0.2) is 61.1 Å². The molecule has 0 spiro atoms. The van der Waals surface area contributed by atoms with E-state index >= 15 is 0 Å². The minimum absolute atomic E-state index is 0.0247. The number of nitrogens with one attached hydrogen (secondary N) is 4. The highest BCUT2D eigenvalue weighted by Gasteiger charge is 2.23. The lowest BCUT2D eigenvalue weighted by Gasteiger charge is -2.26. The summed E-state index contributed by atoms with van der Waals surface area (Å²) < 4.78 is 8.57. The Labute approximate surface area is 292 Å². The molecule has 0 radical (unpaired) electrons. The number of hydrogen-bond acceptors (Lipinski definition) is 9. The molecule has 5 heterocycles. The molecule has 6 rings (SSSR count). The van der Waals surface area contributed by atoms with Gasteiger partial charge in [-0.2, -0.15) is 0 Å². The molecule has 0 saturated carbocycles. The van der Waals surface area contributed by atoms with Crippen LogP contribution in [0.5, 0.6) is 0 Å². The van der Waals surface area contributed by atoms with E-state index in [1.54, 1.807) is 60.0 Å². The first-order chi connectivity index (χ1) is 24.0. The Morgan fingerprint density at radius 2 is 1.46 bits per heavy atom. The van der Waals surface area contributed by atoms with Gasteiger partial charge in [-0.1, -0.05) is 38.1 Å². The van der Waals surface area contributed by atoms with Crippen LogP contribution in [0.25, 0.3) is 10.8 Å². The number of nitrogens with zero attached hydrogens (tertiary/aromatic N) is 5. The van der Waals surface area contributed by atoms with Gasteiger partial charge in [-0.05, 0) is 29.5 Å². The fourth-order valence-corrected chi connectivity index (χ4v) is 6.61. The van der Waals surface area contributed by atoms with Gasteiger partial charge in [0.15, 0.2) is 5.13 Å². The molecule has 0 bridgehead atoms. The number of pyridine rings is 1. The Morgan fingerprint density at radius 1 is 0.840 bits per heavy atom. The summed E-state index contributed by atoms with van der Waals surface area (Å²) in [5.41, 5.74) is 1.96. The second-order valence-corrected chi connectivity index (χ2v) is 13.4. The monoisotopic (exact) mass is 697 g/mol. The van der Waals surface area contributed by atoms with Gasteiger partial charge in [-0.3, -0.25) is 34.4 Å². The number of anilines is 3. The van der Waals surface area contributed by atoms with E-state index in [0.717, 1.165) is 35.3 Å². The number of thiazole rings is 1. The van der Waals surface area contributed by atoms with Gasteiger partial charge in [0, 0.05) is 69.1 Å². The molecule has 5 aromatic rings. The number of ether oxygens (including phenoxy) is 1. The first kappa shape index (κ1) is 34.5. The maximum Gasteiger partial charge on any atom is 0.274 e. The predicted octanol–water partition coefficient (Wildman–Crippen LogP) is 4.31. The lowest BCUT2D eigenvalue weighted by Crippen LogP contribution is -2.41. The number of amides is 4. The molecule has 0 unspecified atom stereocenters. The zero-order valence-electron chi connectivity index (χ0n) is 28.3. The van der Waals surface area contributed by atoms with E-state index in [-0.39, 0.29) is 23.2 Å². The van der Waals surface area contributed by atoms with Crippen molar-refractivity contribution in [1.82, 2.24) is 29.3 Å². The number of carbonyl (C=O) groups is 4. The number of carbonyl (C=O) groups excluding carboxylic acids is 4. The van der Waals surface area contributed by atoms with E-state index in [9.17, 15) is 19.2 Å². The molecule has 1 saturated heterocycles. The van der Waals surface area contributed by atoms with E-state index in [0.29, 0.717) is 47.7 Å². The van der Waals surface area contributed by atoms with Crippen molar-refractivity contribution in [3.8, 4) is 0 Å².